The lowest BCUT2D eigenvalue weighted by molar-refractivity contribution is -0.132. The largest absolute Gasteiger partial charge is 0.390 e. The highest BCUT2D eigenvalue weighted by Crippen LogP contribution is 2.18. The van der Waals surface area contributed by atoms with Gasteiger partial charge in [-0.2, -0.15) is 13.2 Å². The molecule has 21 heavy (non-hydrogen) atoms. The van der Waals surface area contributed by atoms with Gasteiger partial charge in [-0.05, 0) is 5.56 Å². The van der Waals surface area contributed by atoms with Gasteiger partial charge in [0.05, 0.1) is 12.5 Å². The number of nitrogens with zero attached hydrogens (tertiary/aromatic N) is 1. The molecule has 118 valence electrons. The summed E-state index contributed by atoms with van der Waals surface area (Å²) in [6.07, 6.45) is -5.28. The minimum atomic E-state index is -4.18. The zero-order valence-electron chi connectivity index (χ0n) is 12.1. The smallest absolute Gasteiger partial charge is 0.375 e. The second kappa shape index (κ2) is 8.51. The van der Waals surface area contributed by atoms with E-state index in [-0.39, 0.29) is 12.6 Å². The summed E-state index contributed by atoms with van der Waals surface area (Å²) < 4.78 is 41.6. The third-order valence-electron chi connectivity index (χ3n) is 2.84. The molecule has 1 unspecified atom stereocenters. The third-order valence-corrected chi connectivity index (χ3v) is 2.84. The van der Waals surface area contributed by atoms with E-state index in [0.717, 1.165) is 5.56 Å². The zero-order valence-corrected chi connectivity index (χ0v) is 12.1. The molecular formula is C14H20F3N3O. The number of aliphatic imine (C=N–C) groups is 1. The number of benzene rings is 1. The van der Waals surface area contributed by atoms with E-state index in [2.05, 4.69) is 15.6 Å². The van der Waals surface area contributed by atoms with Crippen LogP contribution in [0.4, 0.5) is 13.2 Å². The van der Waals surface area contributed by atoms with Crippen LogP contribution in [0.2, 0.25) is 0 Å². The SMILES string of the molecule is CN=C(NCCC(F)(F)F)NCC(OC)c1ccccc1. The van der Waals surface area contributed by atoms with Crippen molar-refractivity contribution in [2.45, 2.75) is 18.7 Å². The minimum absolute atomic E-state index is 0.202. The van der Waals surface area contributed by atoms with Crippen molar-refractivity contribution in [1.82, 2.24) is 10.6 Å². The van der Waals surface area contributed by atoms with Gasteiger partial charge in [-0.25, -0.2) is 0 Å². The molecular weight excluding hydrogens is 283 g/mol. The van der Waals surface area contributed by atoms with E-state index in [1.807, 2.05) is 30.3 Å². The van der Waals surface area contributed by atoms with Gasteiger partial charge in [0.1, 0.15) is 0 Å². The fourth-order valence-electron chi connectivity index (χ4n) is 1.74. The molecule has 0 radical (unpaired) electrons. The summed E-state index contributed by atoms with van der Waals surface area (Å²) >= 11 is 0. The summed E-state index contributed by atoms with van der Waals surface area (Å²) in [6, 6.07) is 9.56. The number of guanidine groups is 1. The molecule has 0 amide bonds. The van der Waals surface area contributed by atoms with E-state index < -0.39 is 12.6 Å². The van der Waals surface area contributed by atoms with Crippen LogP contribution >= 0.6 is 0 Å². The van der Waals surface area contributed by atoms with Gasteiger partial charge in [0.2, 0.25) is 0 Å². The molecule has 4 nitrogen and oxygen atoms in total. The summed E-state index contributed by atoms with van der Waals surface area (Å²) in [5, 5.41) is 5.57. The summed E-state index contributed by atoms with van der Waals surface area (Å²) in [6.45, 7) is 0.193. The van der Waals surface area contributed by atoms with Gasteiger partial charge in [-0.3, -0.25) is 4.99 Å². The first kappa shape index (κ1) is 17.3. The second-order valence-electron chi connectivity index (χ2n) is 4.38. The molecule has 0 spiro atoms. The molecule has 0 fully saturated rings. The van der Waals surface area contributed by atoms with Crippen LogP contribution in [0.5, 0.6) is 0 Å². The Hall–Kier alpha value is -1.76. The molecule has 0 aliphatic heterocycles. The van der Waals surface area contributed by atoms with Crippen LogP contribution < -0.4 is 10.6 Å². The number of alkyl halides is 3. The first-order chi connectivity index (χ1) is 9.96. The number of methoxy groups -OCH3 is 1. The van der Waals surface area contributed by atoms with Crippen molar-refractivity contribution in [3.63, 3.8) is 0 Å². The molecule has 1 aromatic carbocycles. The molecule has 0 aromatic heterocycles. The monoisotopic (exact) mass is 303 g/mol. The number of halogens is 3. The maximum atomic E-state index is 12.1. The molecule has 1 rings (SSSR count). The summed E-state index contributed by atoms with van der Waals surface area (Å²) in [5.41, 5.74) is 0.984. The molecule has 0 aliphatic rings. The molecule has 0 aliphatic carbocycles. The lowest BCUT2D eigenvalue weighted by Gasteiger charge is -2.19. The number of hydrogen-bond donors (Lipinski definition) is 2. The van der Waals surface area contributed by atoms with Gasteiger partial charge >= 0.3 is 6.18 Å². The normalized spacial score (nSPS) is 13.9. The Morgan fingerprint density at radius 2 is 1.90 bits per heavy atom. The van der Waals surface area contributed by atoms with Crippen LogP contribution in [0.3, 0.4) is 0 Å². The predicted octanol–water partition coefficient (Wildman–Crippen LogP) is 2.49. The number of hydrogen-bond acceptors (Lipinski definition) is 2. The van der Waals surface area contributed by atoms with E-state index in [4.69, 9.17) is 4.74 Å². The fraction of sp³-hybridized carbons (Fsp3) is 0.500. The van der Waals surface area contributed by atoms with Gasteiger partial charge in [0.15, 0.2) is 5.96 Å². The Balaban J connectivity index is 2.43. The van der Waals surface area contributed by atoms with Crippen LogP contribution in [0.25, 0.3) is 0 Å². The number of rotatable bonds is 6. The third kappa shape index (κ3) is 6.99. The Kier molecular flexibility index (Phi) is 7.01. The highest BCUT2D eigenvalue weighted by molar-refractivity contribution is 5.79. The molecule has 1 aromatic rings. The van der Waals surface area contributed by atoms with Crippen molar-refractivity contribution in [1.29, 1.82) is 0 Å². The molecule has 2 N–H and O–H groups in total. The lowest BCUT2D eigenvalue weighted by atomic mass is 10.1. The maximum absolute atomic E-state index is 12.1. The van der Waals surface area contributed by atoms with Crippen molar-refractivity contribution in [3.8, 4) is 0 Å². The minimum Gasteiger partial charge on any atom is -0.375 e. The van der Waals surface area contributed by atoms with Crippen molar-refractivity contribution < 1.29 is 17.9 Å². The van der Waals surface area contributed by atoms with E-state index in [1.54, 1.807) is 7.11 Å². The van der Waals surface area contributed by atoms with E-state index >= 15 is 0 Å². The zero-order chi connectivity index (χ0) is 15.7. The van der Waals surface area contributed by atoms with Crippen LogP contribution in [-0.2, 0) is 4.74 Å². The first-order valence-corrected chi connectivity index (χ1v) is 6.55. The van der Waals surface area contributed by atoms with Crippen LogP contribution in [0, 0.1) is 0 Å². The van der Waals surface area contributed by atoms with Crippen LogP contribution in [0.15, 0.2) is 35.3 Å². The fourth-order valence-corrected chi connectivity index (χ4v) is 1.74. The Bertz CT molecular complexity index is 435. The quantitative estimate of drug-likeness (QED) is 0.627. The van der Waals surface area contributed by atoms with E-state index in [1.165, 1.54) is 7.05 Å². The van der Waals surface area contributed by atoms with Crippen LogP contribution in [0.1, 0.15) is 18.1 Å². The molecule has 1 atom stereocenters. The van der Waals surface area contributed by atoms with Crippen LogP contribution in [-0.4, -0.2) is 39.4 Å². The van der Waals surface area contributed by atoms with Gasteiger partial charge in [0, 0.05) is 27.2 Å². The lowest BCUT2D eigenvalue weighted by Crippen LogP contribution is -2.40. The van der Waals surface area contributed by atoms with Crippen molar-refractivity contribution in [2.24, 2.45) is 4.99 Å². The Labute approximate surface area is 122 Å². The van der Waals surface area contributed by atoms with Gasteiger partial charge < -0.3 is 15.4 Å². The van der Waals surface area contributed by atoms with Crippen molar-refractivity contribution in [2.75, 3.05) is 27.2 Å². The number of ether oxygens (including phenoxy) is 1. The topological polar surface area (TPSA) is 45.7 Å². The van der Waals surface area contributed by atoms with Crippen molar-refractivity contribution in [3.05, 3.63) is 35.9 Å². The average Bonchev–Trinajstić information content (AvgIpc) is 2.46. The molecule has 0 saturated carbocycles. The van der Waals surface area contributed by atoms with E-state index in [0.29, 0.717) is 12.5 Å². The second-order valence-corrected chi connectivity index (χ2v) is 4.38. The van der Waals surface area contributed by atoms with E-state index in [9.17, 15) is 13.2 Å². The molecule has 0 heterocycles. The highest BCUT2D eigenvalue weighted by Gasteiger charge is 2.26. The van der Waals surface area contributed by atoms with Gasteiger partial charge in [0.25, 0.3) is 0 Å². The first-order valence-electron chi connectivity index (χ1n) is 6.55. The molecule has 7 heteroatoms. The highest BCUT2D eigenvalue weighted by atomic mass is 19.4. The maximum Gasteiger partial charge on any atom is 0.390 e. The van der Waals surface area contributed by atoms with Gasteiger partial charge in [-0.1, -0.05) is 30.3 Å². The summed E-state index contributed by atoms with van der Waals surface area (Å²) in [5.74, 6) is 0.317. The summed E-state index contributed by atoms with van der Waals surface area (Å²) in [4.78, 5) is 3.88. The predicted molar refractivity (Wildman–Crippen MR) is 76.2 cm³/mol. The average molecular weight is 303 g/mol. The van der Waals surface area contributed by atoms with Gasteiger partial charge in [-0.15, -0.1) is 0 Å². The Morgan fingerprint density at radius 1 is 1.24 bits per heavy atom. The van der Waals surface area contributed by atoms with Crippen molar-refractivity contribution >= 4 is 5.96 Å². The Morgan fingerprint density at radius 3 is 2.43 bits per heavy atom. The molecule has 0 bridgehead atoms. The number of nitrogens with one attached hydrogen (secondary N) is 2. The standard InChI is InChI=1S/C14H20F3N3O/c1-18-13(19-9-8-14(15,16)17)20-10-12(21-2)11-6-4-3-5-7-11/h3-7,12H,8-10H2,1-2H3,(H2,18,19,20). The summed E-state index contributed by atoms with van der Waals surface area (Å²) in [7, 11) is 3.09. The molecule has 0 saturated heterocycles.